The standard InChI is InChI=1S/C23H20Cl4N2O2/c1-2-30-22-11-16(12-28-29-13-18-19(25)7-4-8-20(18)26)10-21(27)23(22)31-14-15-5-3-6-17(24)9-15/h3-12,29H,2,13-14H2,1H3/b28-12+. The summed E-state index contributed by atoms with van der Waals surface area (Å²) < 4.78 is 11.6. The van der Waals surface area contributed by atoms with E-state index in [-0.39, 0.29) is 0 Å². The number of hydrazone groups is 1. The summed E-state index contributed by atoms with van der Waals surface area (Å²) in [5.41, 5.74) is 5.40. The molecular formula is C23H20Cl4N2O2. The molecule has 0 unspecified atom stereocenters. The number of hydrogen-bond donors (Lipinski definition) is 1. The van der Waals surface area contributed by atoms with Crippen LogP contribution in [0.1, 0.15) is 23.6 Å². The Morgan fingerprint density at radius 2 is 1.65 bits per heavy atom. The first-order valence-electron chi connectivity index (χ1n) is 9.50. The number of ether oxygens (including phenoxy) is 2. The molecule has 0 spiro atoms. The van der Waals surface area contributed by atoms with Crippen LogP contribution in [0.25, 0.3) is 0 Å². The molecule has 162 valence electrons. The minimum atomic E-state index is 0.313. The van der Waals surface area contributed by atoms with E-state index in [4.69, 9.17) is 55.9 Å². The molecule has 1 N–H and O–H groups in total. The van der Waals surface area contributed by atoms with Crippen molar-refractivity contribution < 1.29 is 9.47 Å². The van der Waals surface area contributed by atoms with E-state index in [1.54, 1.807) is 30.5 Å². The predicted octanol–water partition coefficient (Wildman–Crippen LogP) is 7.40. The molecule has 3 aromatic rings. The topological polar surface area (TPSA) is 42.8 Å². The van der Waals surface area contributed by atoms with Crippen LogP contribution in [-0.2, 0) is 13.2 Å². The lowest BCUT2D eigenvalue weighted by Gasteiger charge is -2.14. The van der Waals surface area contributed by atoms with Gasteiger partial charge in [-0.15, -0.1) is 0 Å². The Kier molecular flexibility index (Phi) is 8.73. The maximum atomic E-state index is 6.47. The number of halogens is 4. The van der Waals surface area contributed by atoms with Gasteiger partial charge in [0.15, 0.2) is 11.5 Å². The first kappa shape index (κ1) is 23.6. The van der Waals surface area contributed by atoms with Gasteiger partial charge in [-0.05, 0) is 54.4 Å². The van der Waals surface area contributed by atoms with E-state index in [0.29, 0.717) is 51.3 Å². The summed E-state index contributed by atoms with van der Waals surface area (Å²) in [6, 6.07) is 16.4. The summed E-state index contributed by atoms with van der Waals surface area (Å²) in [7, 11) is 0. The summed E-state index contributed by atoms with van der Waals surface area (Å²) >= 11 is 24.8. The normalized spacial score (nSPS) is 11.0. The Balaban J connectivity index is 1.70. The van der Waals surface area contributed by atoms with Crippen LogP contribution in [0.2, 0.25) is 20.1 Å². The van der Waals surface area contributed by atoms with Crippen LogP contribution < -0.4 is 14.9 Å². The second-order valence-corrected chi connectivity index (χ2v) is 8.13. The Morgan fingerprint density at radius 1 is 0.903 bits per heavy atom. The average molecular weight is 498 g/mol. The lowest BCUT2D eigenvalue weighted by Crippen LogP contribution is -2.07. The summed E-state index contributed by atoms with van der Waals surface area (Å²) in [6.45, 7) is 3.06. The zero-order valence-corrected chi connectivity index (χ0v) is 19.7. The molecular weight excluding hydrogens is 478 g/mol. The number of rotatable bonds is 9. The maximum Gasteiger partial charge on any atom is 0.180 e. The minimum Gasteiger partial charge on any atom is -0.490 e. The first-order chi connectivity index (χ1) is 15.0. The molecule has 0 aliphatic heterocycles. The number of hydrogen-bond acceptors (Lipinski definition) is 4. The zero-order valence-electron chi connectivity index (χ0n) is 16.7. The summed E-state index contributed by atoms with van der Waals surface area (Å²) in [5.74, 6) is 1.00. The molecule has 0 radical (unpaired) electrons. The number of nitrogens with one attached hydrogen (secondary N) is 1. The van der Waals surface area contributed by atoms with Gasteiger partial charge in [0.25, 0.3) is 0 Å². The van der Waals surface area contributed by atoms with Gasteiger partial charge in [0, 0.05) is 20.6 Å². The van der Waals surface area contributed by atoms with Gasteiger partial charge in [0.05, 0.1) is 24.4 Å². The van der Waals surface area contributed by atoms with Crippen molar-refractivity contribution in [3.63, 3.8) is 0 Å². The monoisotopic (exact) mass is 496 g/mol. The van der Waals surface area contributed by atoms with E-state index in [1.165, 1.54) is 0 Å². The van der Waals surface area contributed by atoms with E-state index in [1.807, 2.05) is 37.3 Å². The zero-order chi connectivity index (χ0) is 22.2. The Hall–Kier alpha value is -2.11. The van der Waals surface area contributed by atoms with Crippen molar-refractivity contribution in [2.24, 2.45) is 5.10 Å². The largest absolute Gasteiger partial charge is 0.490 e. The molecule has 0 bridgehead atoms. The molecule has 3 aromatic carbocycles. The van der Waals surface area contributed by atoms with Gasteiger partial charge in [-0.3, -0.25) is 0 Å². The number of benzene rings is 3. The Labute approximate surface area is 201 Å². The molecule has 0 saturated carbocycles. The van der Waals surface area contributed by atoms with Crippen LogP contribution in [0.4, 0.5) is 0 Å². The van der Waals surface area contributed by atoms with Gasteiger partial charge in [0.1, 0.15) is 6.61 Å². The van der Waals surface area contributed by atoms with Gasteiger partial charge >= 0.3 is 0 Å². The highest BCUT2D eigenvalue weighted by atomic mass is 35.5. The van der Waals surface area contributed by atoms with Crippen LogP contribution >= 0.6 is 46.4 Å². The molecule has 0 aromatic heterocycles. The van der Waals surface area contributed by atoms with Crippen molar-refractivity contribution in [3.05, 3.63) is 91.4 Å². The molecule has 0 heterocycles. The molecule has 0 saturated heterocycles. The SMILES string of the molecule is CCOc1cc(/C=N/NCc2c(Cl)cccc2Cl)cc(Cl)c1OCc1cccc(Cl)c1. The Morgan fingerprint density at radius 3 is 2.35 bits per heavy atom. The van der Waals surface area contributed by atoms with Gasteiger partial charge in [-0.1, -0.05) is 64.6 Å². The second-order valence-electron chi connectivity index (χ2n) is 6.47. The predicted molar refractivity (Wildman–Crippen MR) is 129 cm³/mol. The van der Waals surface area contributed by atoms with E-state index < -0.39 is 0 Å². The summed E-state index contributed by atoms with van der Waals surface area (Å²) in [5, 5.41) is 6.46. The molecule has 0 aliphatic rings. The maximum absolute atomic E-state index is 6.47. The molecule has 4 nitrogen and oxygen atoms in total. The lowest BCUT2D eigenvalue weighted by atomic mass is 10.2. The fourth-order valence-electron chi connectivity index (χ4n) is 2.79. The van der Waals surface area contributed by atoms with Crippen molar-refractivity contribution in [1.82, 2.24) is 5.43 Å². The highest BCUT2D eigenvalue weighted by Gasteiger charge is 2.13. The first-order valence-corrected chi connectivity index (χ1v) is 11.0. The third-order valence-electron chi connectivity index (χ3n) is 4.23. The van der Waals surface area contributed by atoms with Crippen LogP contribution in [0.5, 0.6) is 11.5 Å². The van der Waals surface area contributed by atoms with E-state index in [2.05, 4.69) is 10.5 Å². The Bertz CT molecular complexity index is 1050. The third kappa shape index (κ3) is 6.68. The minimum absolute atomic E-state index is 0.313. The average Bonchev–Trinajstić information content (AvgIpc) is 2.72. The number of nitrogens with zero attached hydrogens (tertiary/aromatic N) is 1. The van der Waals surface area contributed by atoms with Crippen LogP contribution in [0.15, 0.2) is 59.7 Å². The summed E-state index contributed by atoms with van der Waals surface area (Å²) in [4.78, 5) is 0. The molecule has 0 fully saturated rings. The quantitative estimate of drug-likeness (QED) is 0.247. The molecule has 0 aliphatic carbocycles. The van der Waals surface area contributed by atoms with Crippen molar-refractivity contribution >= 4 is 52.6 Å². The van der Waals surface area contributed by atoms with Gasteiger partial charge in [0.2, 0.25) is 0 Å². The van der Waals surface area contributed by atoms with Crippen molar-refractivity contribution in [2.75, 3.05) is 6.61 Å². The molecule has 0 amide bonds. The smallest absolute Gasteiger partial charge is 0.180 e. The van der Waals surface area contributed by atoms with Crippen LogP contribution in [0, 0.1) is 0 Å². The van der Waals surface area contributed by atoms with Gasteiger partial charge in [-0.2, -0.15) is 5.10 Å². The highest BCUT2D eigenvalue weighted by molar-refractivity contribution is 6.36. The fraction of sp³-hybridized carbons (Fsp3) is 0.174. The highest BCUT2D eigenvalue weighted by Crippen LogP contribution is 2.37. The third-order valence-corrected chi connectivity index (χ3v) is 5.45. The molecule has 0 atom stereocenters. The molecule has 3 rings (SSSR count). The van der Waals surface area contributed by atoms with Gasteiger partial charge < -0.3 is 14.9 Å². The fourth-order valence-corrected chi connectivity index (χ4v) is 3.81. The van der Waals surface area contributed by atoms with Crippen molar-refractivity contribution in [1.29, 1.82) is 0 Å². The molecule has 31 heavy (non-hydrogen) atoms. The van der Waals surface area contributed by atoms with Crippen molar-refractivity contribution in [3.8, 4) is 11.5 Å². The van der Waals surface area contributed by atoms with E-state index >= 15 is 0 Å². The van der Waals surface area contributed by atoms with Gasteiger partial charge in [-0.25, -0.2) is 0 Å². The van der Waals surface area contributed by atoms with Crippen molar-refractivity contribution in [2.45, 2.75) is 20.1 Å². The summed E-state index contributed by atoms with van der Waals surface area (Å²) in [6.07, 6.45) is 1.64. The molecule has 8 heteroatoms. The second kappa shape index (κ2) is 11.5. The van der Waals surface area contributed by atoms with E-state index in [9.17, 15) is 0 Å². The van der Waals surface area contributed by atoms with Crippen LogP contribution in [-0.4, -0.2) is 12.8 Å². The van der Waals surface area contributed by atoms with E-state index in [0.717, 1.165) is 16.7 Å². The van der Waals surface area contributed by atoms with Crippen LogP contribution in [0.3, 0.4) is 0 Å². The lowest BCUT2D eigenvalue weighted by molar-refractivity contribution is 0.269.